The van der Waals surface area contributed by atoms with Crippen LogP contribution in [0.25, 0.3) is 0 Å². The minimum atomic E-state index is 0.363. The molecule has 11 heavy (non-hydrogen) atoms. The Morgan fingerprint density at radius 3 is 2.73 bits per heavy atom. The highest BCUT2D eigenvalue weighted by atomic mass is 16.5. The van der Waals surface area contributed by atoms with Gasteiger partial charge < -0.3 is 15.2 Å². The molecule has 1 fully saturated rings. The number of methoxy groups -OCH3 is 1. The molecule has 66 valence electrons. The van der Waals surface area contributed by atoms with Gasteiger partial charge in [-0.3, -0.25) is 0 Å². The minimum absolute atomic E-state index is 0.363. The first-order valence-electron chi connectivity index (χ1n) is 4.19. The van der Waals surface area contributed by atoms with E-state index in [1.807, 2.05) is 0 Å². The van der Waals surface area contributed by atoms with E-state index in [9.17, 15) is 0 Å². The molecule has 2 N–H and O–H groups in total. The number of nitrogens with two attached hydrogens (primary N) is 1. The molecular weight excluding hydrogens is 142 g/mol. The molecule has 0 aromatic carbocycles. The van der Waals surface area contributed by atoms with E-state index in [2.05, 4.69) is 0 Å². The van der Waals surface area contributed by atoms with Crippen LogP contribution in [0.15, 0.2) is 0 Å². The molecule has 0 aromatic heterocycles. The largest absolute Gasteiger partial charge is 0.382 e. The normalized spacial score (nSPS) is 31.1. The number of rotatable bonds is 4. The van der Waals surface area contributed by atoms with Crippen LogP contribution in [0.2, 0.25) is 0 Å². The van der Waals surface area contributed by atoms with Crippen molar-refractivity contribution in [1.82, 2.24) is 0 Å². The van der Waals surface area contributed by atoms with Crippen molar-refractivity contribution in [2.75, 3.05) is 20.3 Å². The lowest BCUT2D eigenvalue weighted by Crippen LogP contribution is -2.18. The van der Waals surface area contributed by atoms with E-state index in [1.165, 1.54) is 0 Å². The van der Waals surface area contributed by atoms with Crippen molar-refractivity contribution in [2.45, 2.75) is 31.4 Å². The molecule has 0 amide bonds. The van der Waals surface area contributed by atoms with Gasteiger partial charge in [-0.05, 0) is 19.3 Å². The third-order valence-electron chi connectivity index (χ3n) is 2.07. The first kappa shape index (κ1) is 8.97. The number of hydrogen-bond acceptors (Lipinski definition) is 3. The zero-order valence-electron chi connectivity index (χ0n) is 7.08. The van der Waals surface area contributed by atoms with Crippen molar-refractivity contribution >= 4 is 0 Å². The van der Waals surface area contributed by atoms with Crippen molar-refractivity contribution in [3.8, 4) is 0 Å². The maximum Gasteiger partial charge on any atom is 0.0704 e. The van der Waals surface area contributed by atoms with Gasteiger partial charge >= 0.3 is 0 Å². The summed E-state index contributed by atoms with van der Waals surface area (Å²) in [5.74, 6) is 0. The Morgan fingerprint density at radius 2 is 2.18 bits per heavy atom. The van der Waals surface area contributed by atoms with E-state index >= 15 is 0 Å². The highest BCUT2D eigenvalue weighted by molar-refractivity contribution is 4.77. The predicted octanol–water partition coefficient (Wildman–Crippen LogP) is 0.529. The first-order valence-corrected chi connectivity index (χ1v) is 4.19. The van der Waals surface area contributed by atoms with Gasteiger partial charge in [0.2, 0.25) is 0 Å². The van der Waals surface area contributed by atoms with Crippen LogP contribution in [0.5, 0.6) is 0 Å². The Bertz CT molecular complexity index is 108. The van der Waals surface area contributed by atoms with E-state index in [4.69, 9.17) is 15.2 Å². The van der Waals surface area contributed by atoms with Crippen LogP contribution in [-0.2, 0) is 9.47 Å². The average Bonchev–Trinajstić information content (AvgIpc) is 2.37. The molecule has 1 saturated carbocycles. The van der Waals surface area contributed by atoms with Crippen molar-refractivity contribution in [1.29, 1.82) is 0 Å². The summed E-state index contributed by atoms with van der Waals surface area (Å²) in [7, 11) is 1.68. The lowest BCUT2D eigenvalue weighted by atomic mass is 10.3. The van der Waals surface area contributed by atoms with Gasteiger partial charge in [0.05, 0.1) is 19.3 Å². The fourth-order valence-electron chi connectivity index (χ4n) is 1.42. The van der Waals surface area contributed by atoms with Crippen molar-refractivity contribution in [3.63, 3.8) is 0 Å². The average molecular weight is 159 g/mol. The molecule has 0 aliphatic heterocycles. The van der Waals surface area contributed by atoms with Crippen molar-refractivity contribution < 1.29 is 9.47 Å². The third-order valence-corrected chi connectivity index (χ3v) is 2.07. The fraction of sp³-hybridized carbons (Fsp3) is 1.00. The van der Waals surface area contributed by atoms with Gasteiger partial charge in [0.1, 0.15) is 0 Å². The summed E-state index contributed by atoms with van der Waals surface area (Å²) in [6, 6.07) is 0.363. The van der Waals surface area contributed by atoms with Crippen molar-refractivity contribution in [2.24, 2.45) is 5.73 Å². The second-order valence-electron chi connectivity index (χ2n) is 3.06. The smallest absolute Gasteiger partial charge is 0.0704 e. The molecule has 3 nitrogen and oxygen atoms in total. The first-order chi connectivity index (χ1) is 5.33. The van der Waals surface area contributed by atoms with E-state index in [-0.39, 0.29) is 0 Å². The molecule has 0 spiro atoms. The summed E-state index contributed by atoms with van der Waals surface area (Å²) in [4.78, 5) is 0. The van der Waals surface area contributed by atoms with Gasteiger partial charge in [-0.15, -0.1) is 0 Å². The highest BCUT2D eigenvalue weighted by Gasteiger charge is 2.21. The molecule has 0 bridgehead atoms. The molecular formula is C8H17NO2. The molecule has 1 aliphatic rings. The van der Waals surface area contributed by atoms with E-state index in [1.54, 1.807) is 7.11 Å². The van der Waals surface area contributed by atoms with Crippen LogP contribution < -0.4 is 5.73 Å². The van der Waals surface area contributed by atoms with Crippen LogP contribution in [-0.4, -0.2) is 32.5 Å². The van der Waals surface area contributed by atoms with Gasteiger partial charge in [0.15, 0.2) is 0 Å². The van der Waals surface area contributed by atoms with E-state index < -0.39 is 0 Å². The molecule has 0 aromatic rings. The molecule has 2 unspecified atom stereocenters. The molecule has 3 heteroatoms. The summed E-state index contributed by atoms with van der Waals surface area (Å²) in [5.41, 5.74) is 5.72. The standard InChI is InChI=1S/C8H17NO2/c1-10-4-5-11-8-3-2-7(9)6-8/h7-8H,2-6,9H2,1H3. The monoisotopic (exact) mass is 159 g/mol. The number of hydrogen-bond donors (Lipinski definition) is 1. The zero-order chi connectivity index (χ0) is 8.10. The summed E-state index contributed by atoms with van der Waals surface area (Å²) < 4.78 is 10.4. The fourth-order valence-corrected chi connectivity index (χ4v) is 1.42. The van der Waals surface area contributed by atoms with Gasteiger partial charge in [-0.2, -0.15) is 0 Å². The van der Waals surface area contributed by atoms with Crippen molar-refractivity contribution in [3.05, 3.63) is 0 Å². The molecule has 0 heterocycles. The molecule has 1 aliphatic carbocycles. The molecule has 1 rings (SSSR count). The predicted molar refractivity (Wildman–Crippen MR) is 43.4 cm³/mol. The SMILES string of the molecule is COCCOC1CCC(N)C1. The van der Waals surface area contributed by atoms with Crippen LogP contribution in [0.1, 0.15) is 19.3 Å². The summed E-state index contributed by atoms with van der Waals surface area (Å²) >= 11 is 0. The lowest BCUT2D eigenvalue weighted by molar-refractivity contribution is 0.0205. The second kappa shape index (κ2) is 4.70. The Hall–Kier alpha value is -0.120. The maximum atomic E-state index is 5.72. The Kier molecular flexibility index (Phi) is 3.83. The lowest BCUT2D eigenvalue weighted by Gasteiger charge is -2.10. The summed E-state index contributed by atoms with van der Waals surface area (Å²) in [6.45, 7) is 1.39. The van der Waals surface area contributed by atoms with Crippen LogP contribution >= 0.6 is 0 Å². The number of ether oxygens (including phenoxy) is 2. The summed E-state index contributed by atoms with van der Waals surface area (Å²) in [6.07, 6.45) is 3.63. The molecule has 2 atom stereocenters. The maximum absolute atomic E-state index is 5.72. The molecule has 0 saturated heterocycles. The van der Waals surface area contributed by atoms with Gasteiger partial charge in [0, 0.05) is 13.2 Å². The van der Waals surface area contributed by atoms with E-state index in [0.717, 1.165) is 19.3 Å². The molecule has 0 radical (unpaired) electrons. The van der Waals surface area contributed by atoms with Crippen LogP contribution in [0, 0.1) is 0 Å². The van der Waals surface area contributed by atoms with Crippen LogP contribution in [0.3, 0.4) is 0 Å². The third kappa shape index (κ3) is 3.18. The van der Waals surface area contributed by atoms with Gasteiger partial charge in [-0.1, -0.05) is 0 Å². The Labute approximate surface area is 67.9 Å². The summed E-state index contributed by atoms with van der Waals surface area (Å²) in [5, 5.41) is 0. The Morgan fingerprint density at radius 1 is 1.36 bits per heavy atom. The second-order valence-corrected chi connectivity index (χ2v) is 3.06. The highest BCUT2D eigenvalue weighted by Crippen LogP contribution is 2.19. The van der Waals surface area contributed by atoms with E-state index in [0.29, 0.717) is 25.4 Å². The quantitative estimate of drug-likeness (QED) is 0.608. The minimum Gasteiger partial charge on any atom is -0.382 e. The van der Waals surface area contributed by atoms with Gasteiger partial charge in [0.25, 0.3) is 0 Å². The topological polar surface area (TPSA) is 44.5 Å². The van der Waals surface area contributed by atoms with Gasteiger partial charge in [-0.25, -0.2) is 0 Å². The Balaban J connectivity index is 1.99. The zero-order valence-corrected chi connectivity index (χ0v) is 7.08. The van der Waals surface area contributed by atoms with Crippen LogP contribution in [0.4, 0.5) is 0 Å².